The first-order valence-electron chi connectivity index (χ1n) is 8.46. The lowest BCUT2D eigenvalue weighted by molar-refractivity contribution is -0.139. The molecule has 27 heavy (non-hydrogen) atoms. The van der Waals surface area contributed by atoms with E-state index in [9.17, 15) is 18.0 Å². The number of benzene rings is 2. The number of morpholine rings is 1. The van der Waals surface area contributed by atoms with Crippen molar-refractivity contribution < 1.29 is 22.7 Å². The molecule has 2 aromatic rings. The van der Waals surface area contributed by atoms with Crippen LogP contribution in [0.3, 0.4) is 0 Å². The van der Waals surface area contributed by atoms with Crippen molar-refractivity contribution in [3.8, 4) is 0 Å². The molecule has 1 aliphatic heterocycles. The number of anilines is 2. The van der Waals surface area contributed by atoms with Gasteiger partial charge in [0.05, 0.1) is 18.3 Å². The third-order valence-corrected chi connectivity index (χ3v) is 4.43. The van der Waals surface area contributed by atoms with Crippen LogP contribution >= 0.6 is 0 Å². The van der Waals surface area contributed by atoms with Crippen molar-refractivity contribution >= 4 is 17.3 Å². The van der Waals surface area contributed by atoms with Gasteiger partial charge in [-0.1, -0.05) is 12.1 Å². The van der Waals surface area contributed by atoms with Gasteiger partial charge in [0.1, 0.15) is 0 Å². The number of carbonyl (C=O) groups excluding carboxylic acids is 1. The van der Waals surface area contributed by atoms with Crippen molar-refractivity contribution in [2.45, 2.75) is 19.2 Å². The smallest absolute Gasteiger partial charge is 0.398 e. The van der Waals surface area contributed by atoms with Gasteiger partial charge < -0.3 is 21.1 Å². The summed E-state index contributed by atoms with van der Waals surface area (Å²) in [6.45, 7) is 3.05. The van der Waals surface area contributed by atoms with Gasteiger partial charge in [0.2, 0.25) is 0 Å². The number of rotatable bonds is 3. The highest BCUT2D eigenvalue weighted by Gasteiger charge is 2.36. The number of nitrogen functional groups attached to an aromatic ring is 1. The Morgan fingerprint density at radius 2 is 2.04 bits per heavy atom. The molecule has 1 atom stereocenters. The van der Waals surface area contributed by atoms with E-state index in [0.29, 0.717) is 25.4 Å². The van der Waals surface area contributed by atoms with Gasteiger partial charge >= 0.3 is 6.18 Å². The Morgan fingerprint density at radius 3 is 2.67 bits per heavy atom. The molecule has 3 rings (SSSR count). The Kier molecular flexibility index (Phi) is 5.38. The molecule has 144 valence electrons. The van der Waals surface area contributed by atoms with Crippen LogP contribution in [0, 0.1) is 6.92 Å². The van der Waals surface area contributed by atoms with Crippen LogP contribution < -0.4 is 16.4 Å². The number of alkyl halides is 3. The van der Waals surface area contributed by atoms with Gasteiger partial charge in [-0.15, -0.1) is 0 Å². The Balaban J connectivity index is 1.87. The lowest BCUT2D eigenvalue weighted by Crippen LogP contribution is -2.34. The summed E-state index contributed by atoms with van der Waals surface area (Å²) >= 11 is 0. The molecule has 5 nitrogen and oxygen atoms in total. The zero-order valence-electron chi connectivity index (χ0n) is 14.7. The molecule has 8 heteroatoms. The Labute approximate surface area is 154 Å². The number of halogens is 3. The van der Waals surface area contributed by atoms with Crippen molar-refractivity contribution in [2.24, 2.45) is 0 Å². The number of nitrogens with one attached hydrogen (secondary N) is 2. The van der Waals surface area contributed by atoms with Crippen LogP contribution in [0.25, 0.3) is 0 Å². The fourth-order valence-corrected chi connectivity index (χ4v) is 2.91. The van der Waals surface area contributed by atoms with Crippen molar-refractivity contribution in [1.29, 1.82) is 0 Å². The third-order valence-electron chi connectivity index (χ3n) is 4.43. The van der Waals surface area contributed by atoms with Crippen molar-refractivity contribution in [3.63, 3.8) is 0 Å². The van der Waals surface area contributed by atoms with Gasteiger partial charge in [-0.05, 0) is 42.3 Å². The van der Waals surface area contributed by atoms with Gasteiger partial charge in [0.25, 0.3) is 5.91 Å². The molecule has 0 bridgehead atoms. The first-order chi connectivity index (χ1) is 12.8. The maximum atomic E-state index is 13.5. The lowest BCUT2D eigenvalue weighted by Gasteiger charge is -2.26. The van der Waals surface area contributed by atoms with E-state index in [0.717, 1.165) is 11.6 Å². The van der Waals surface area contributed by atoms with E-state index in [1.807, 2.05) is 0 Å². The standard InChI is InChI=1S/C19H20F3N3O2/c1-11-2-3-12(8-16(11)23)18(26)25-13-4-5-14(15(9-13)19(20,21)22)17-10-24-6-7-27-17/h2-5,8-9,17,24H,6-7,10,23H2,1H3,(H,25,26). The molecule has 1 saturated heterocycles. The van der Waals surface area contributed by atoms with E-state index in [1.165, 1.54) is 18.2 Å². The highest BCUT2D eigenvalue weighted by atomic mass is 19.4. The van der Waals surface area contributed by atoms with Crippen LogP contribution in [0.2, 0.25) is 0 Å². The summed E-state index contributed by atoms with van der Waals surface area (Å²) in [6.07, 6.45) is -5.25. The fourth-order valence-electron chi connectivity index (χ4n) is 2.91. The molecule has 1 heterocycles. The number of ether oxygens (including phenoxy) is 1. The lowest BCUT2D eigenvalue weighted by atomic mass is 10.00. The van der Waals surface area contributed by atoms with Gasteiger partial charge in [0.15, 0.2) is 0 Å². The van der Waals surface area contributed by atoms with Crippen LogP contribution in [-0.4, -0.2) is 25.6 Å². The number of aryl methyl sites for hydroxylation is 1. The monoisotopic (exact) mass is 379 g/mol. The van der Waals surface area contributed by atoms with Gasteiger partial charge in [0, 0.05) is 30.0 Å². The van der Waals surface area contributed by atoms with E-state index in [2.05, 4.69) is 10.6 Å². The van der Waals surface area contributed by atoms with Crippen LogP contribution in [0.5, 0.6) is 0 Å². The van der Waals surface area contributed by atoms with E-state index < -0.39 is 23.8 Å². The summed E-state index contributed by atoms with van der Waals surface area (Å²) in [7, 11) is 0. The molecule has 1 aliphatic rings. The van der Waals surface area contributed by atoms with Crippen LogP contribution in [0.4, 0.5) is 24.5 Å². The molecule has 1 unspecified atom stereocenters. The Bertz CT molecular complexity index is 847. The maximum absolute atomic E-state index is 13.5. The summed E-state index contributed by atoms with van der Waals surface area (Å²) < 4.78 is 46.1. The number of hydrogen-bond donors (Lipinski definition) is 3. The minimum absolute atomic E-state index is 0.0484. The highest BCUT2D eigenvalue weighted by Crippen LogP contribution is 2.37. The first kappa shape index (κ1) is 19.2. The van der Waals surface area contributed by atoms with Crippen molar-refractivity contribution in [2.75, 3.05) is 30.7 Å². The van der Waals surface area contributed by atoms with E-state index in [-0.39, 0.29) is 16.8 Å². The molecule has 1 amide bonds. The zero-order chi connectivity index (χ0) is 19.6. The minimum Gasteiger partial charge on any atom is -0.398 e. The zero-order valence-corrected chi connectivity index (χ0v) is 14.7. The second-order valence-corrected chi connectivity index (χ2v) is 6.39. The molecule has 0 saturated carbocycles. The molecule has 2 aromatic carbocycles. The predicted molar refractivity (Wildman–Crippen MR) is 96.6 cm³/mol. The second kappa shape index (κ2) is 7.58. The maximum Gasteiger partial charge on any atom is 0.416 e. The number of carbonyl (C=O) groups is 1. The summed E-state index contributed by atoms with van der Waals surface area (Å²) in [6, 6.07) is 8.47. The number of hydrogen-bond acceptors (Lipinski definition) is 4. The fraction of sp³-hybridized carbons (Fsp3) is 0.316. The van der Waals surface area contributed by atoms with E-state index in [4.69, 9.17) is 10.5 Å². The van der Waals surface area contributed by atoms with Crippen LogP contribution in [0.1, 0.15) is 33.2 Å². The van der Waals surface area contributed by atoms with Crippen LogP contribution in [0.15, 0.2) is 36.4 Å². The van der Waals surface area contributed by atoms with Gasteiger partial charge in [-0.25, -0.2) is 0 Å². The topological polar surface area (TPSA) is 76.4 Å². The quantitative estimate of drug-likeness (QED) is 0.714. The summed E-state index contributed by atoms with van der Waals surface area (Å²) in [5, 5.41) is 5.51. The van der Waals surface area contributed by atoms with Crippen molar-refractivity contribution in [1.82, 2.24) is 5.32 Å². The first-order valence-corrected chi connectivity index (χ1v) is 8.46. The third kappa shape index (κ3) is 4.40. The van der Waals surface area contributed by atoms with Gasteiger partial charge in [-0.2, -0.15) is 13.2 Å². The summed E-state index contributed by atoms with van der Waals surface area (Å²) in [5.41, 5.74) is 6.60. The summed E-state index contributed by atoms with van der Waals surface area (Å²) in [4.78, 5) is 12.3. The van der Waals surface area contributed by atoms with E-state index in [1.54, 1.807) is 19.1 Å². The molecule has 0 radical (unpaired) electrons. The normalized spacial score (nSPS) is 17.6. The Morgan fingerprint density at radius 1 is 1.26 bits per heavy atom. The van der Waals surface area contributed by atoms with Crippen LogP contribution in [-0.2, 0) is 10.9 Å². The average Bonchev–Trinajstić information content (AvgIpc) is 2.64. The molecule has 0 aromatic heterocycles. The van der Waals surface area contributed by atoms with Gasteiger partial charge in [-0.3, -0.25) is 4.79 Å². The SMILES string of the molecule is Cc1ccc(C(=O)Nc2ccc(C3CNCCO3)c(C(F)(F)F)c2)cc1N. The average molecular weight is 379 g/mol. The number of amides is 1. The van der Waals surface area contributed by atoms with Crippen molar-refractivity contribution in [3.05, 3.63) is 58.7 Å². The molecule has 0 spiro atoms. The predicted octanol–water partition coefficient (Wildman–Crippen LogP) is 3.51. The highest BCUT2D eigenvalue weighted by molar-refractivity contribution is 6.04. The molecular formula is C19H20F3N3O2. The second-order valence-electron chi connectivity index (χ2n) is 6.39. The number of nitrogens with two attached hydrogens (primary N) is 1. The molecular weight excluding hydrogens is 359 g/mol. The molecule has 1 fully saturated rings. The molecule has 4 N–H and O–H groups in total. The summed E-state index contributed by atoms with van der Waals surface area (Å²) in [5.74, 6) is -0.529. The largest absolute Gasteiger partial charge is 0.416 e. The molecule has 0 aliphatic carbocycles. The van der Waals surface area contributed by atoms with E-state index >= 15 is 0 Å². The minimum atomic E-state index is -4.56. The Hall–Kier alpha value is -2.58.